The molecule has 0 saturated carbocycles. The third-order valence-electron chi connectivity index (χ3n) is 2.39. The van der Waals surface area contributed by atoms with Gasteiger partial charge in [-0.15, -0.1) is 0 Å². The number of carbonyl (C=O) groups excluding carboxylic acids is 1. The fraction of sp³-hybridized carbons (Fsp3) is 0. The van der Waals surface area contributed by atoms with Gasteiger partial charge in [0.1, 0.15) is 5.69 Å². The first kappa shape index (κ1) is 9.59. The van der Waals surface area contributed by atoms with Crippen molar-refractivity contribution in [2.24, 2.45) is 0 Å². The van der Waals surface area contributed by atoms with Crippen LogP contribution in [0.15, 0.2) is 41.3 Å². The molecule has 84 valence electrons. The molecule has 0 aliphatic carbocycles. The van der Waals surface area contributed by atoms with Crippen molar-refractivity contribution in [2.75, 3.05) is 0 Å². The van der Waals surface area contributed by atoms with E-state index in [-0.39, 0.29) is 11.2 Å². The molecule has 17 heavy (non-hydrogen) atoms. The molecule has 6 nitrogen and oxygen atoms in total. The van der Waals surface area contributed by atoms with Crippen LogP contribution in [-0.4, -0.2) is 20.6 Å². The summed E-state index contributed by atoms with van der Waals surface area (Å²) in [6.07, 6.45) is 4.25. The Morgan fingerprint density at radius 2 is 2.29 bits per heavy atom. The van der Waals surface area contributed by atoms with Gasteiger partial charge in [-0.1, -0.05) is 0 Å². The van der Waals surface area contributed by atoms with Gasteiger partial charge in [-0.05, 0) is 18.2 Å². The quantitative estimate of drug-likeness (QED) is 0.632. The van der Waals surface area contributed by atoms with E-state index in [2.05, 4.69) is 10.1 Å². The number of aromatic nitrogens is 3. The largest absolute Gasteiger partial charge is 0.545 e. The van der Waals surface area contributed by atoms with E-state index >= 15 is 0 Å². The highest BCUT2D eigenvalue weighted by atomic mass is 16.4. The predicted octanol–water partition coefficient (Wildman–Crippen LogP) is 0.353. The lowest BCUT2D eigenvalue weighted by atomic mass is 10.3. The minimum absolute atomic E-state index is 0.0431. The second-order valence-corrected chi connectivity index (χ2v) is 3.39. The highest BCUT2D eigenvalue weighted by Crippen LogP contribution is 2.20. The summed E-state index contributed by atoms with van der Waals surface area (Å²) in [6.45, 7) is 0. The number of carboxylic acid groups (broad SMARTS) is 1. The van der Waals surface area contributed by atoms with Crippen LogP contribution < -0.4 is 5.11 Å². The van der Waals surface area contributed by atoms with Gasteiger partial charge in [0.05, 0.1) is 24.0 Å². The minimum atomic E-state index is -1.30. The second kappa shape index (κ2) is 3.44. The van der Waals surface area contributed by atoms with Crippen molar-refractivity contribution in [1.82, 2.24) is 14.6 Å². The molecule has 6 heteroatoms. The zero-order chi connectivity index (χ0) is 11.8. The molecule has 0 amide bonds. The van der Waals surface area contributed by atoms with Crippen molar-refractivity contribution in [3.63, 3.8) is 0 Å². The third-order valence-corrected chi connectivity index (χ3v) is 2.39. The molecule has 3 heterocycles. The number of carbonyl (C=O) groups is 1. The Morgan fingerprint density at radius 1 is 1.41 bits per heavy atom. The van der Waals surface area contributed by atoms with Gasteiger partial charge < -0.3 is 14.3 Å². The summed E-state index contributed by atoms with van der Waals surface area (Å²) in [5.74, 6) is -0.713. The Kier molecular flexibility index (Phi) is 1.94. The Morgan fingerprint density at radius 3 is 3.00 bits per heavy atom. The number of carboxylic acids is 1. The van der Waals surface area contributed by atoms with Gasteiger partial charge in [0.2, 0.25) is 0 Å². The standard InChI is InChI=1S/C11H7N3O3/c15-11(16)7-6-13-14-8(3-4-12-10(7)14)9-2-1-5-17-9/h1-6H,(H,15,16)/p-1. The Bertz CT molecular complexity index is 685. The number of fused-ring (bicyclic) bond motifs is 1. The zero-order valence-electron chi connectivity index (χ0n) is 8.53. The SMILES string of the molecule is O=C([O-])c1cnn2c(-c3ccco3)ccnc12. The first-order chi connectivity index (χ1) is 8.27. The van der Waals surface area contributed by atoms with Gasteiger partial charge in [-0.2, -0.15) is 5.10 Å². The van der Waals surface area contributed by atoms with Crippen LogP contribution in [0.4, 0.5) is 0 Å². The van der Waals surface area contributed by atoms with Crippen molar-refractivity contribution in [3.05, 3.63) is 42.4 Å². The van der Waals surface area contributed by atoms with E-state index < -0.39 is 5.97 Å². The fourth-order valence-corrected chi connectivity index (χ4v) is 1.65. The Hall–Kier alpha value is -2.63. The minimum Gasteiger partial charge on any atom is -0.545 e. The number of hydrogen-bond donors (Lipinski definition) is 0. The van der Waals surface area contributed by atoms with E-state index in [0.29, 0.717) is 11.5 Å². The van der Waals surface area contributed by atoms with Gasteiger partial charge in [-0.25, -0.2) is 9.50 Å². The van der Waals surface area contributed by atoms with E-state index in [9.17, 15) is 9.90 Å². The molecule has 0 unspecified atom stereocenters. The zero-order valence-corrected chi connectivity index (χ0v) is 8.53. The normalized spacial score (nSPS) is 10.8. The fourth-order valence-electron chi connectivity index (χ4n) is 1.65. The van der Waals surface area contributed by atoms with E-state index in [1.54, 1.807) is 18.2 Å². The van der Waals surface area contributed by atoms with E-state index in [1.165, 1.54) is 23.2 Å². The summed E-state index contributed by atoms with van der Waals surface area (Å²) in [6, 6.07) is 5.19. The topological polar surface area (TPSA) is 83.5 Å². The molecular weight excluding hydrogens is 222 g/mol. The molecule has 3 aromatic heterocycles. The first-order valence-electron chi connectivity index (χ1n) is 4.85. The number of furan rings is 1. The van der Waals surface area contributed by atoms with Crippen LogP contribution in [0.3, 0.4) is 0 Å². The van der Waals surface area contributed by atoms with Crippen LogP contribution in [0.2, 0.25) is 0 Å². The average molecular weight is 228 g/mol. The van der Waals surface area contributed by atoms with Crippen molar-refractivity contribution >= 4 is 11.6 Å². The third kappa shape index (κ3) is 1.38. The molecular formula is C11H6N3O3-. The van der Waals surface area contributed by atoms with Crippen LogP contribution in [0.25, 0.3) is 17.1 Å². The number of nitrogens with zero attached hydrogens (tertiary/aromatic N) is 3. The van der Waals surface area contributed by atoms with Gasteiger partial charge in [0.25, 0.3) is 0 Å². The molecule has 0 aliphatic heterocycles. The number of aromatic carboxylic acids is 1. The summed E-state index contributed by atoms with van der Waals surface area (Å²) < 4.78 is 6.65. The number of hydrogen-bond acceptors (Lipinski definition) is 5. The number of rotatable bonds is 2. The monoisotopic (exact) mass is 228 g/mol. The lowest BCUT2D eigenvalue weighted by molar-refractivity contribution is -0.254. The second-order valence-electron chi connectivity index (χ2n) is 3.39. The molecule has 0 saturated heterocycles. The molecule has 0 fully saturated rings. The average Bonchev–Trinajstić information content (AvgIpc) is 2.97. The Labute approximate surface area is 95.1 Å². The highest BCUT2D eigenvalue weighted by Gasteiger charge is 2.11. The summed E-state index contributed by atoms with van der Waals surface area (Å²) in [5, 5.41) is 14.8. The summed E-state index contributed by atoms with van der Waals surface area (Å²) in [7, 11) is 0. The lowest BCUT2D eigenvalue weighted by Crippen LogP contribution is -2.22. The molecule has 0 bridgehead atoms. The predicted molar refractivity (Wildman–Crippen MR) is 55.0 cm³/mol. The molecule has 0 radical (unpaired) electrons. The van der Waals surface area contributed by atoms with Gasteiger partial charge >= 0.3 is 0 Å². The summed E-state index contributed by atoms with van der Waals surface area (Å²) in [4.78, 5) is 14.8. The molecule has 3 aromatic rings. The Balaban J connectivity index is 2.32. The summed E-state index contributed by atoms with van der Waals surface area (Å²) in [5.41, 5.74) is 0.824. The molecule has 0 atom stereocenters. The van der Waals surface area contributed by atoms with Crippen molar-refractivity contribution in [2.45, 2.75) is 0 Å². The molecule has 0 aromatic carbocycles. The summed E-state index contributed by atoms with van der Waals surface area (Å²) >= 11 is 0. The van der Waals surface area contributed by atoms with E-state index in [1.807, 2.05) is 0 Å². The molecule has 0 N–H and O–H groups in total. The maximum absolute atomic E-state index is 10.8. The van der Waals surface area contributed by atoms with Gasteiger partial charge in [0.15, 0.2) is 11.4 Å². The molecule has 0 spiro atoms. The maximum atomic E-state index is 10.8. The van der Waals surface area contributed by atoms with Gasteiger partial charge in [0, 0.05) is 6.20 Å². The smallest absolute Gasteiger partial charge is 0.164 e. The first-order valence-corrected chi connectivity index (χ1v) is 4.85. The van der Waals surface area contributed by atoms with E-state index in [4.69, 9.17) is 4.42 Å². The van der Waals surface area contributed by atoms with Crippen LogP contribution >= 0.6 is 0 Å². The molecule has 0 aliphatic rings. The van der Waals surface area contributed by atoms with Gasteiger partial charge in [-0.3, -0.25) is 0 Å². The van der Waals surface area contributed by atoms with Crippen molar-refractivity contribution in [1.29, 1.82) is 0 Å². The lowest BCUT2D eigenvalue weighted by Gasteiger charge is -2.02. The van der Waals surface area contributed by atoms with Crippen molar-refractivity contribution in [3.8, 4) is 11.5 Å². The molecule has 3 rings (SSSR count). The van der Waals surface area contributed by atoms with Crippen LogP contribution in [-0.2, 0) is 0 Å². The van der Waals surface area contributed by atoms with Crippen LogP contribution in [0.5, 0.6) is 0 Å². The van der Waals surface area contributed by atoms with E-state index in [0.717, 1.165) is 0 Å². The van der Waals surface area contributed by atoms with Crippen LogP contribution in [0, 0.1) is 0 Å². The van der Waals surface area contributed by atoms with Crippen molar-refractivity contribution < 1.29 is 14.3 Å². The van der Waals surface area contributed by atoms with Crippen LogP contribution in [0.1, 0.15) is 10.4 Å². The highest BCUT2D eigenvalue weighted by molar-refractivity contribution is 5.92. The maximum Gasteiger partial charge on any atom is 0.164 e.